The SMILES string of the molecule is CN(C)c1ccc(NC(=O)c2cc(N3CCCCC3)ccn2)cc1. The van der Waals surface area contributed by atoms with Gasteiger partial charge in [0.25, 0.3) is 5.91 Å². The van der Waals surface area contributed by atoms with Crippen LogP contribution in [0.15, 0.2) is 42.6 Å². The minimum Gasteiger partial charge on any atom is -0.378 e. The highest BCUT2D eigenvalue weighted by atomic mass is 16.1. The van der Waals surface area contributed by atoms with Gasteiger partial charge < -0.3 is 15.1 Å². The maximum absolute atomic E-state index is 12.5. The molecule has 0 radical (unpaired) electrons. The van der Waals surface area contributed by atoms with E-state index < -0.39 is 0 Å². The Morgan fingerprint density at radius 2 is 1.79 bits per heavy atom. The van der Waals surface area contributed by atoms with Gasteiger partial charge in [-0.05, 0) is 55.7 Å². The summed E-state index contributed by atoms with van der Waals surface area (Å²) >= 11 is 0. The monoisotopic (exact) mass is 324 g/mol. The summed E-state index contributed by atoms with van der Waals surface area (Å²) in [6.07, 6.45) is 5.43. The van der Waals surface area contributed by atoms with Gasteiger partial charge in [0.1, 0.15) is 5.69 Å². The van der Waals surface area contributed by atoms with E-state index in [1.807, 2.05) is 55.4 Å². The van der Waals surface area contributed by atoms with E-state index in [0.717, 1.165) is 30.2 Å². The van der Waals surface area contributed by atoms with Crippen molar-refractivity contribution in [1.29, 1.82) is 0 Å². The van der Waals surface area contributed by atoms with Crippen LogP contribution in [0.2, 0.25) is 0 Å². The Bertz CT molecular complexity index is 691. The van der Waals surface area contributed by atoms with Gasteiger partial charge in [-0.1, -0.05) is 0 Å². The first kappa shape index (κ1) is 16.3. The molecule has 1 saturated heterocycles. The molecule has 126 valence electrons. The maximum Gasteiger partial charge on any atom is 0.274 e. The standard InChI is InChI=1S/C19H24N4O/c1-22(2)16-8-6-15(7-9-16)21-19(24)18-14-17(10-11-20-18)23-12-4-3-5-13-23/h6-11,14H,3-5,12-13H2,1-2H3,(H,21,24). The van der Waals surface area contributed by atoms with Gasteiger partial charge in [-0.25, -0.2) is 0 Å². The first-order valence-corrected chi connectivity index (χ1v) is 8.43. The Balaban J connectivity index is 1.70. The molecule has 1 N–H and O–H groups in total. The minimum atomic E-state index is -0.175. The fourth-order valence-electron chi connectivity index (χ4n) is 2.93. The first-order valence-electron chi connectivity index (χ1n) is 8.43. The number of nitrogens with one attached hydrogen (secondary N) is 1. The van der Waals surface area contributed by atoms with Crippen molar-refractivity contribution in [3.63, 3.8) is 0 Å². The van der Waals surface area contributed by atoms with Gasteiger partial charge in [-0.15, -0.1) is 0 Å². The molecule has 0 atom stereocenters. The molecule has 0 bridgehead atoms. The smallest absolute Gasteiger partial charge is 0.274 e. The number of aromatic nitrogens is 1. The fraction of sp³-hybridized carbons (Fsp3) is 0.368. The quantitative estimate of drug-likeness (QED) is 0.936. The molecule has 0 saturated carbocycles. The molecule has 2 heterocycles. The molecule has 1 aromatic carbocycles. The number of carbonyl (C=O) groups is 1. The van der Waals surface area contributed by atoms with Crippen LogP contribution in [0, 0.1) is 0 Å². The highest BCUT2D eigenvalue weighted by molar-refractivity contribution is 6.03. The van der Waals surface area contributed by atoms with E-state index in [4.69, 9.17) is 0 Å². The normalized spacial score (nSPS) is 14.3. The molecule has 1 amide bonds. The van der Waals surface area contributed by atoms with E-state index in [2.05, 4.69) is 15.2 Å². The third-order valence-corrected chi connectivity index (χ3v) is 4.34. The molecule has 0 aliphatic carbocycles. The van der Waals surface area contributed by atoms with Crippen molar-refractivity contribution >= 4 is 23.0 Å². The van der Waals surface area contributed by atoms with Crippen LogP contribution in [0.3, 0.4) is 0 Å². The highest BCUT2D eigenvalue weighted by Crippen LogP contribution is 2.21. The predicted molar refractivity (Wildman–Crippen MR) is 99.0 cm³/mol. The van der Waals surface area contributed by atoms with Crippen molar-refractivity contribution in [2.24, 2.45) is 0 Å². The number of hydrogen-bond donors (Lipinski definition) is 1. The van der Waals surface area contributed by atoms with E-state index in [0.29, 0.717) is 5.69 Å². The molecule has 0 spiro atoms. The van der Waals surface area contributed by atoms with Crippen LogP contribution < -0.4 is 15.1 Å². The molecule has 3 rings (SSSR count). The summed E-state index contributed by atoms with van der Waals surface area (Å²) in [6, 6.07) is 11.6. The molecular weight excluding hydrogens is 300 g/mol. The Morgan fingerprint density at radius 3 is 2.46 bits per heavy atom. The highest BCUT2D eigenvalue weighted by Gasteiger charge is 2.14. The number of benzene rings is 1. The van der Waals surface area contributed by atoms with Crippen LogP contribution in [0.25, 0.3) is 0 Å². The van der Waals surface area contributed by atoms with E-state index in [9.17, 15) is 4.79 Å². The van der Waals surface area contributed by atoms with Crippen molar-refractivity contribution < 1.29 is 4.79 Å². The van der Waals surface area contributed by atoms with E-state index in [1.54, 1.807) is 6.20 Å². The Morgan fingerprint density at radius 1 is 1.08 bits per heavy atom. The molecule has 24 heavy (non-hydrogen) atoms. The Kier molecular flexibility index (Phi) is 4.99. The number of anilines is 3. The maximum atomic E-state index is 12.5. The zero-order valence-electron chi connectivity index (χ0n) is 14.3. The molecule has 1 aliphatic heterocycles. The number of rotatable bonds is 4. The van der Waals surface area contributed by atoms with E-state index >= 15 is 0 Å². The average molecular weight is 324 g/mol. The molecule has 2 aromatic rings. The average Bonchev–Trinajstić information content (AvgIpc) is 2.63. The summed E-state index contributed by atoms with van der Waals surface area (Å²) in [7, 11) is 3.98. The number of amides is 1. The van der Waals surface area contributed by atoms with Crippen LogP contribution in [0.4, 0.5) is 17.1 Å². The van der Waals surface area contributed by atoms with Gasteiger partial charge in [0, 0.05) is 50.4 Å². The lowest BCUT2D eigenvalue weighted by atomic mass is 10.1. The molecule has 1 aromatic heterocycles. The van der Waals surface area contributed by atoms with Gasteiger partial charge in [0.2, 0.25) is 0 Å². The van der Waals surface area contributed by atoms with Crippen molar-refractivity contribution in [1.82, 2.24) is 4.98 Å². The summed E-state index contributed by atoms with van der Waals surface area (Å²) in [5.74, 6) is -0.175. The van der Waals surface area contributed by atoms with Gasteiger partial charge in [-0.2, -0.15) is 0 Å². The van der Waals surface area contributed by atoms with Crippen LogP contribution in [-0.4, -0.2) is 38.1 Å². The zero-order chi connectivity index (χ0) is 16.9. The number of pyridine rings is 1. The molecular formula is C19H24N4O. The second-order valence-corrected chi connectivity index (χ2v) is 6.34. The molecule has 1 fully saturated rings. The second-order valence-electron chi connectivity index (χ2n) is 6.34. The number of nitrogens with zero attached hydrogens (tertiary/aromatic N) is 3. The third kappa shape index (κ3) is 3.85. The van der Waals surface area contributed by atoms with Crippen LogP contribution in [-0.2, 0) is 0 Å². The summed E-state index contributed by atoms with van der Waals surface area (Å²) < 4.78 is 0. The fourth-order valence-corrected chi connectivity index (χ4v) is 2.93. The molecule has 5 nitrogen and oxygen atoms in total. The number of piperidine rings is 1. The van der Waals surface area contributed by atoms with Crippen molar-refractivity contribution in [3.8, 4) is 0 Å². The van der Waals surface area contributed by atoms with Gasteiger partial charge in [-0.3, -0.25) is 9.78 Å². The number of hydrogen-bond acceptors (Lipinski definition) is 4. The lowest BCUT2D eigenvalue weighted by Crippen LogP contribution is -2.29. The van der Waals surface area contributed by atoms with Crippen molar-refractivity contribution in [3.05, 3.63) is 48.3 Å². The van der Waals surface area contributed by atoms with Crippen molar-refractivity contribution in [2.75, 3.05) is 42.3 Å². The third-order valence-electron chi connectivity index (χ3n) is 4.34. The van der Waals surface area contributed by atoms with E-state index in [-0.39, 0.29) is 5.91 Å². The number of carbonyl (C=O) groups excluding carboxylic acids is 1. The summed E-state index contributed by atoms with van der Waals surface area (Å²) in [4.78, 5) is 21.0. The molecule has 5 heteroatoms. The van der Waals surface area contributed by atoms with Crippen LogP contribution >= 0.6 is 0 Å². The predicted octanol–water partition coefficient (Wildman–Crippen LogP) is 3.39. The second kappa shape index (κ2) is 7.34. The van der Waals surface area contributed by atoms with Gasteiger partial charge >= 0.3 is 0 Å². The topological polar surface area (TPSA) is 48.5 Å². The lowest BCUT2D eigenvalue weighted by Gasteiger charge is -2.28. The van der Waals surface area contributed by atoms with Crippen molar-refractivity contribution in [2.45, 2.75) is 19.3 Å². The zero-order valence-corrected chi connectivity index (χ0v) is 14.3. The minimum absolute atomic E-state index is 0.175. The van der Waals surface area contributed by atoms with Crippen LogP contribution in [0.1, 0.15) is 29.8 Å². The largest absolute Gasteiger partial charge is 0.378 e. The summed E-state index contributed by atoms with van der Waals surface area (Å²) in [5, 5.41) is 2.92. The summed E-state index contributed by atoms with van der Waals surface area (Å²) in [6.45, 7) is 2.11. The first-order chi connectivity index (χ1) is 11.6. The lowest BCUT2D eigenvalue weighted by molar-refractivity contribution is 0.102. The Hall–Kier alpha value is -2.56. The Labute approximate surface area is 143 Å². The molecule has 0 unspecified atom stereocenters. The molecule has 1 aliphatic rings. The van der Waals surface area contributed by atoms with Crippen LogP contribution in [0.5, 0.6) is 0 Å². The van der Waals surface area contributed by atoms with Gasteiger partial charge in [0.05, 0.1) is 0 Å². The van der Waals surface area contributed by atoms with E-state index in [1.165, 1.54) is 19.3 Å². The summed E-state index contributed by atoms with van der Waals surface area (Å²) in [5.41, 5.74) is 3.40. The van der Waals surface area contributed by atoms with Gasteiger partial charge in [0.15, 0.2) is 0 Å².